The van der Waals surface area contributed by atoms with Gasteiger partial charge in [0.15, 0.2) is 11.5 Å². The van der Waals surface area contributed by atoms with Gasteiger partial charge in [0.1, 0.15) is 18.1 Å². The Morgan fingerprint density at radius 2 is 1.74 bits per heavy atom. The van der Waals surface area contributed by atoms with Gasteiger partial charge >= 0.3 is 0 Å². The van der Waals surface area contributed by atoms with Gasteiger partial charge in [0.2, 0.25) is 18.6 Å². The zero-order chi connectivity index (χ0) is 25.9. The normalized spacial score (nSPS) is 15.5. The molecule has 2 heterocycles. The zero-order valence-corrected chi connectivity index (χ0v) is 21.0. The second-order valence-electron chi connectivity index (χ2n) is 9.75. The number of hydrogen-bond donors (Lipinski definition) is 1. The molecule has 1 saturated carbocycles. The molecular weight excluding hydrogens is 482 g/mol. The summed E-state index contributed by atoms with van der Waals surface area (Å²) in [5.74, 6) is 0.873. The first-order valence-corrected chi connectivity index (χ1v) is 13.0. The first kappa shape index (κ1) is 24.0. The Morgan fingerprint density at radius 3 is 2.58 bits per heavy atom. The molecule has 3 aromatic carbocycles. The summed E-state index contributed by atoms with van der Waals surface area (Å²) in [5.41, 5.74) is 3.05. The van der Waals surface area contributed by atoms with Crippen molar-refractivity contribution in [2.75, 3.05) is 6.79 Å². The van der Waals surface area contributed by atoms with E-state index in [0.29, 0.717) is 17.0 Å². The summed E-state index contributed by atoms with van der Waals surface area (Å²) in [6.45, 7) is 0.322. The van der Waals surface area contributed by atoms with Gasteiger partial charge in [-0.25, -0.2) is 4.68 Å². The fourth-order valence-electron chi connectivity index (χ4n) is 5.27. The SMILES string of the molecule is O=C(NC1CCCC1)[C@H](c1ccccc1)N(Cc1ccc2c(c1)OCO2)C(=O)Cn1nnc2ccccc21. The van der Waals surface area contributed by atoms with Gasteiger partial charge in [-0.2, -0.15) is 0 Å². The van der Waals surface area contributed by atoms with Gasteiger partial charge in [-0.05, 0) is 48.2 Å². The van der Waals surface area contributed by atoms with Crippen LogP contribution in [0, 0.1) is 0 Å². The highest BCUT2D eigenvalue weighted by atomic mass is 16.7. The van der Waals surface area contributed by atoms with Crippen LogP contribution in [0.25, 0.3) is 11.0 Å². The van der Waals surface area contributed by atoms with Gasteiger partial charge in [0, 0.05) is 12.6 Å². The second kappa shape index (κ2) is 10.5. The third kappa shape index (κ3) is 4.91. The quantitative estimate of drug-likeness (QED) is 0.384. The van der Waals surface area contributed by atoms with Gasteiger partial charge in [-0.15, -0.1) is 5.10 Å². The number of amides is 2. The molecule has 4 aromatic rings. The number of nitrogens with zero attached hydrogens (tertiary/aromatic N) is 4. The van der Waals surface area contributed by atoms with E-state index in [-0.39, 0.29) is 37.7 Å². The van der Waals surface area contributed by atoms with Crippen molar-refractivity contribution in [1.82, 2.24) is 25.2 Å². The van der Waals surface area contributed by atoms with Crippen LogP contribution in [0.4, 0.5) is 0 Å². The maximum Gasteiger partial charge on any atom is 0.247 e. The van der Waals surface area contributed by atoms with Crippen LogP contribution in [-0.2, 0) is 22.7 Å². The maximum atomic E-state index is 14.1. The number of nitrogens with one attached hydrogen (secondary N) is 1. The van der Waals surface area contributed by atoms with E-state index in [1.807, 2.05) is 72.8 Å². The Labute approximate surface area is 220 Å². The van der Waals surface area contributed by atoms with Gasteiger partial charge in [-0.1, -0.05) is 66.6 Å². The molecule has 9 nitrogen and oxygen atoms in total. The summed E-state index contributed by atoms with van der Waals surface area (Å²) in [5, 5.41) is 11.6. The van der Waals surface area contributed by atoms with Crippen LogP contribution in [0.2, 0.25) is 0 Å². The number of hydrogen-bond acceptors (Lipinski definition) is 6. The van der Waals surface area contributed by atoms with Crippen molar-refractivity contribution in [3.8, 4) is 11.5 Å². The molecule has 0 spiro atoms. The van der Waals surface area contributed by atoms with Crippen molar-refractivity contribution in [2.45, 2.75) is 50.9 Å². The standard InChI is InChI=1S/C29H29N5O4/c35-27(18-34-24-13-7-6-12-23(24)31-32-34)33(17-20-14-15-25-26(16-20)38-19-37-25)28(21-8-2-1-3-9-21)29(36)30-22-10-4-5-11-22/h1-3,6-9,12-16,22,28H,4-5,10-11,17-19H2,(H,30,36)/t28-/m0/s1. The summed E-state index contributed by atoms with van der Waals surface area (Å²) in [4.78, 5) is 29.5. The first-order chi connectivity index (χ1) is 18.7. The lowest BCUT2D eigenvalue weighted by molar-refractivity contribution is -0.142. The van der Waals surface area contributed by atoms with Gasteiger partial charge in [-0.3, -0.25) is 9.59 Å². The van der Waals surface area contributed by atoms with Crippen molar-refractivity contribution in [3.05, 3.63) is 83.9 Å². The number of benzene rings is 3. The summed E-state index contributed by atoms with van der Waals surface area (Å²) >= 11 is 0. The fourth-order valence-corrected chi connectivity index (χ4v) is 5.27. The van der Waals surface area contributed by atoms with Gasteiger partial charge in [0.05, 0.1) is 5.52 Å². The number of para-hydroxylation sites is 1. The number of fused-ring (bicyclic) bond motifs is 2. The molecule has 9 heteroatoms. The van der Waals surface area contributed by atoms with E-state index in [9.17, 15) is 9.59 Å². The molecule has 1 atom stereocenters. The predicted octanol–water partition coefficient (Wildman–Crippen LogP) is 3.99. The van der Waals surface area contributed by atoms with Crippen molar-refractivity contribution in [3.63, 3.8) is 0 Å². The zero-order valence-electron chi connectivity index (χ0n) is 21.0. The van der Waals surface area contributed by atoms with E-state index in [1.54, 1.807) is 9.58 Å². The van der Waals surface area contributed by atoms with E-state index in [1.165, 1.54) is 0 Å². The Kier molecular flexibility index (Phi) is 6.64. The third-order valence-electron chi connectivity index (χ3n) is 7.19. The molecule has 2 amide bonds. The van der Waals surface area contributed by atoms with Crippen molar-refractivity contribution in [2.24, 2.45) is 0 Å². The number of aromatic nitrogens is 3. The molecule has 1 aliphatic carbocycles. The van der Waals surface area contributed by atoms with Crippen LogP contribution in [0.3, 0.4) is 0 Å². The first-order valence-electron chi connectivity index (χ1n) is 13.0. The highest BCUT2D eigenvalue weighted by Gasteiger charge is 2.34. The third-order valence-corrected chi connectivity index (χ3v) is 7.19. The average Bonchev–Trinajstić information content (AvgIpc) is 3.71. The topological polar surface area (TPSA) is 98.6 Å². The molecule has 0 bridgehead atoms. The molecule has 6 rings (SSSR count). The number of rotatable bonds is 8. The molecule has 0 radical (unpaired) electrons. The minimum Gasteiger partial charge on any atom is -0.454 e. The number of ether oxygens (including phenoxy) is 2. The lowest BCUT2D eigenvalue weighted by atomic mass is 10.0. The second-order valence-corrected chi connectivity index (χ2v) is 9.75. The van der Waals surface area contributed by atoms with Crippen molar-refractivity contribution < 1.29 is 19.1 Å². The summed E-state index contributed by atoms with van der Waals surface area (Å²) < 4.78 is 12.6. The molecule has 194 valence electrons. The number of carbonyl (C=O) groups is 2. The lowest BCUT2D eigenvalue weighted by Crippen LogP contribution is -2.46. The predicted molar refractivity (Wildman–Crippen MR) is 140 cm³/mol. The highest BCUT2D eigenvalue weighted by Crippen LogP contribution is 2.34. The summed E-state index contributed by atoms with van der Waals surface area (Å²) in [6, 6.07) is 21.9. The molecule has 0 unspecified atom stereocenters. The largest absolute Gasteiger partial charge is 0.454 e. The molecule has 1 N–H and O–H groups in total. The van der Waals surface area contributed by atoms with E-state index in [4.69, 9.17) is 9.47 Å². The molecule has 1 aromatic heterocycles. The van der Waals surface area contributed by atoms with Gasteiger partial charge in [0.25, 0.3) is 0 Å². The molecule has 1 aliphatic heterocycles. The molecular formula is C29H29N5O4. The van der Waals surface area contributed by atoms with E-state index in [0.717, 1.165) is 42.3 Å². The smallest absolute Gasteiger partial charge is 0.247 e. The molecule has 1 fully saturated rings. The van der Waals surface area contributed by atoms with Crippen LogP contribution in [0.15, 0.2) is 72.8 Å². The molecule has 0 saturated heterocycles. The van der Waals surface area contributed by atoms with Crippen molar-refractivity contribution >= 4 is 22.8 Å². The Morgan fingerprint density at radius 1 is 0.974 bits per heavy atom. The van der Waals surface area contributed by atoms with Gasteiger partial charge < -0.3 is 19.7 Å². The Hall–Kier alpha value is -4.40. The van der Waals surface area contributed by atoms with Crippen LogP contribution in [0.5, 0.6) is 11.5 Å². The number of carbonyl (C=O) groups excluding carboxylic acids is 2. The minimum atomic E-state index is -0.815. The monoisotopic (exact) mass is 511 g/mol. The summed E-state index contributed by atoms with van der Waals surface area (Å²) in [6.07, 6.45) is 4.10. The maximum absolute atomic E-state index is 14.1. The van der Waals surface area contributed by atoms with Crippen molar-refractivity contribution in [1.29, 1.82) is 0 Å². The highest BCUT2D eigenvalue weighted by molar-refractivity contribution is 5.89. The molecule has 2 aliphatic rings. The molecule has 38 heavy (non-hydrogen) atoms. The van der Waals surface area contributed by atoms with E-state index >= 15 is 0 Å². The lowest BCUT2D eigenvalue weighted by Gasteiger charge is -2.32. The Balaban J connectivity index is 1.36. The average molecular weight is 512 g/mol. The van der Waals surface area contributed by atoms with Crippen LogP contribution in [-0.4, -0.2) is 44.5 Å². The Bertz CT molecular complexity index is 1450. The van der Waals surface area contributed by atoms with Crippen LogP contribution in [0.1, 0.15) is 42.9 Å². The van der Waals surface area contributed by atoms with Crippen LogP contribution < -0.4 is 14.8 Å². The summed E-state index contributed by atoms with van der Waals surface area (Å²) in [7, 11) is 0. The fraction of sp³-hybridized carbons (Fsp3) is 0.310. The van der Waals surface area contributed by atoms with Crippen LogP contribution >= 0.6 is 0 Å². The van der Waals surface area contributed by atoms with E-state index in [2.05, 4.69) is 15.6 Å². The minimum absolute atomic E-state index is 0.0505. The van der Waals surface area contributed by atoms with E-state index < -0.39 is 6.04 Å².